The first-order valence-electron chi connectivity index (χ1n) is 6.16. The molecule has 0 atom stereocenters. The van der Waals surface area contributed by atoms with Gasteiger partial charge in [0.05, 0.1) is 5.56 Å². The van der Waals surface area contributed by atoms with Crippen LogP contribution in [0.25, 0.3) is 0 Å². The standard InChI is InChI=1S/C15H12N2O3/c18-14-11-7-4-8-13(12(11)9-20-14)17-15(19)16-10-5-2-1-3-6-10/h1-8H,9H2,(H2,16,17,19). The molecule has 5 nitrogen and oxygen atoms in total. The first-order valence-corrected chi connectivity index (χ1v) is 6.16. The van der Waals surface area contributed by atoms with Crippen molar-refractivity contribution in [2.75, 3.05) is 10.6 Å². The number of urea groups is 1. The summed E-state index contributed by atoms with van der Waals surface area (Å²) in [7, 11) is 0. The third-order valence-electron chi connectivity index (χ3n) is 3.02. The highest BCUT2D eigenvalue weighted by Gasteiger charge is 2.24. The second-order valence-electron chi connectivity index (χ2n) is 4.35. The Kier molecular flexibility index (Phi) is 3.09. The molecule has 1 aliphatic heterocycles. The molecule has 2 amide bonds. The number of fused-ring (bicyclic) bond motifs is 1. The summed E-state index contributed by atoms with van der Waals surface area (Å²) >= 11 is 0. The smallest absolute Gasteiger partial charge is 0.338 e. The lowest BCUT2D eigenvalue weighted by molar-refractivity contribution is 0.0535. The molecule has 0 bridgehead atoms. The van der Waals surface area contributed by atoms with Gasteiger partial charge in [-0.25, -0.2) is 9.59 Å². The number of carbonyl (C=O) groups is 2. The maximum absolute atomic E-state index is 11.9. The lowest BCUT2D eigenvalue weighted by atomic mass is 10.1. The molecule has 2 aromatic carbocycles. The summed E-state index contributed by atoms with van der Waals surface area (Å²) in [5.41, 5.74) is 2.50. The van der Waals surface area contributed by atoms with Crippen LogP contribution in [0, 0.1) is 0 Å². The molecule has 0 saturated heterocycles. The summed E-state index contributed by atoms with van der Waals surface area (Å²) in [6.45, 7) is 0.190. The normalized spacial score (nSPS) is 12.5. The van der Waals surface area contributed by atoms with Gasteiger partial charge in [0.2, 0.25) is 0 Å². The number of para-hydroxylation sites is 1. The van der Waals surface area contributed by atoms with Crippen LogP contribution < -0.4 is 10.6 Å². The van der Waals surface area contributed by atoms with Gasteiger partial charge in [-0.1, -0.05) is 24.3 Å². The van der Waals surface area contributed by atoms with E-state index in [0.29, 0.717) is 22.5 Å². The average molecular weight is 268 g/mol. The molecular formula is C15H12N2O3. The fraction of sp³-hybridized carbons (Fsp3) is 0.0667. The van der Waals surface area contributed by atoms with Crippen LogP contribution in [-0.4, -0.2) is 12.0 Å². The minimum atomic E-state index is -0.357. The highest BCUT2D eigenvalue weighted by molar-refractivity contribution is 6.02. The molecule has 20 heavy (non-hydrogen) atoms. The molecule has 0 aromatic heterocycles. The van der Waals surface area contributed by atoms with Crippen LogP contribution in [0.3, 0.4) is 0 Å². The fourth-order valence-electron chi connectivity index (χ4n) is 2.07. The highest BCUT2D eigenvalue weighted by atomic mass is 16.5. The molecule has 0 radical (unpaired) electrons. The van der Waals surface area contributed by atoms with Gasteiger partial charge in [-0.2, -0.15) is 0 Å². The van der Waals surface area contributed by atoms with E-state index in [1.165, 1.54) is 0 Å². The highest BCUT2D eigenvalue weighted by Crippen LogP contribution is 2.27. The van der Waals surface area contributed by atoms with Gasteiger partial charge in [0, 0.05) is 16.9 Å². The molecule has 0 aliphatic carbocycles. The first kappa shape index (κ1) is 12.2. The topological polar surface area (TPSA) is 67.4 Å². The zero-order valence-corrected chi connectivity index (χ0v) is 10.6. The van der Waals surface area contributed by atoms with Crippen LogP contribution in [0.1, 0.15) is 15.9 Å². The van der Waals surface area contributed by atoms with E-state index in [-0.39, 0.29) is 18.6 Å². The molecule has 0 saturated carbocycles. The van der Waals surface area contributed by atoms with E-state index in [0.717, 1.165) is 0 Å². The summed E-state index contributed by atoms with van der Waals surface area (Å²) in [6, 6.07) is 13.9. The molecular weight excluding hydrogens is 256 g/mol. The Morgan fingerprint density at radius 3 is 2.60 bits per heavy atom. The van der Waals surface area contributed by atoms with E-state index >= 15 is 0 Å². The van der Waals surface area contributed by atoms with Gasteiger partial charge in [0.25, 0.3) is 0 Å². The number of cyclic esters (lactones) is 1. The number of hydrogen-bond acceptors (Lipinski definition) is 3. The van der Waals surface area contributed by atoms with E-state index in [4.69, 9.17) is 4.74 Å². The molecule has 0 unspecified atom stereocenters. The molecule has 0 fully saturated rings. The SMILES string of the molecule is O=C(Nc1ccccc1)Nc1cccc2c1COC2=O. The Labute approximate surface area is 115 Å². The summed E-state index contributed by atoms with van der Waals surface area (Å²) in [5, 5.41) is 5.45. The summed E-state index contributed by atoms with van der Waals surface area (Å²) < 4.78 is 4.95. The number of benzene rings is 2. The average Bonchev–Trinajstić information content (AvgIpc) is 2.83. The van der Waals surface area contributed by atoms with E-state index in [9.17, 15) is 9.59 Å². The minimum Gasteiger partial charge on any atom is -0.457 e. The monoisotopic (exact) mass is 268 g/mol. The Balaban J connectivity index is 1.76. The maximum Gasteiger partial charge on any atom is 0.338 e. The van der Waals surface area contributed by atoms with Crippen molar-refractivity contribution in [2.45, 2.75) is 6.61 Å². The van der Waals surface area contributed by atoms with Crippen molar-refractivity contribution in [3.8, 4) is 0 Å². The minimum absolute atomic E-state index is 0.190. The van der Waals surface area contributed by atoms with Crippen LogP contribution in [0.2, 0.25) is 0 Å². The second-order valence-corrected chi connectivity index (χ2v) is 4.35. The third kappa shape index (κ3) is 2.33. The van der Waals surface area contributed by atoms with Crippen LogP contribution in [0.15, 0.2) is 48.5 Å². The second kappa shape index (κ2) is 5.05. The molecule has 1 heterocycles. The number of carbonyl (C=O) groups excluding carboxylic acids is 2. The van der Waals surface area contributed by atoms with Crippen molar-refractivity contribution in [3.05, 3.63) is 59.7 Å². The summed E-state index contributed by atoms with van der Waals surface area (Å²) in [6.07, 6.45) is 0. The Hall–Kier alpha value is -2.82. The molecule has 3 rings (SSSR count). The lowest BCUT2D eigenvalue weighted by Gasteiger charge is -2.09. The van der Waals surface area contributed by atoms with E-state index in [2.05, 4.69) is 10.6 Å². The first-order chi connectivity index (χ1) is 9.74. The molecule has 5 heteroatoms. The summed E-state index contributed by atoms with van der Waals surface area (Å²) in [5.74, 6) is -0.355. The third-order valence-corrected chi connectivity index (χ3v) is 3.02. The van der Waals surface area contributed by atoms with Gasteiger partial charge >= 0.3 is 12.0 Å². The van der Waals surface area contributed by atoms with Crippen LogP contribution in [0.5, 0.6) is 0 Å². The Morgan fingerprint density at radius 1 is 1.00 bits per heavy atom. The molecule has 1 aliphatic rings. The van der Waals surface area contributed by atoms with Crippen molar-refractivity contribution >= 4 is 23.4 Å². The van der Waals surface area contributed by atoms with Crippen LogP contribution >= 0.6 is 0 Å². The molecule has 0 spiro atoms. The Bertz CT molecular complexity index is 668. The number of anilines is 2. The number of amides is 2. The number of ether oxygens (including phenoxy) is 1. The zero-order valence-electron chi connectivity index (χ0n) is 10.6. The van der Waals surface area contributed by atoms with Gasteiger partial charge in [0.15, 0.2) is 0 Å². The molecule has 2 aromatic rings. The Morgan fingerprint density at radius 2 is 1.80 bits per heavy atom. The maximum atomic E-state index is 11.9. The van der Waals surface area contributed by atoms with Crippen molar-refractivity contribution in [3.63, 3.8) is 0 Å². The van der Waals surface area contributed by atoms with Crippen molar-refractivity contribution in [1.29, 1.82) is 0 Å². The van der Waals surface area contributed by atoms with E-state index < -0.39 is 0 Å². The molecule has 100 valence electrons. The van der Waals surface area contributed by atoms with Gasteiger partial charge < -0.3 is 15.4 Å². The van der Waals surface area contributed by atoms with Gasteiger partial charge in [0.1, 0.15) is 6.61 Å². The predicted molar refractivity (Wildman–Crippen MR) is 74.6 cm³/mol. The fourth-order valence-corrected chi connectivity index (χ4v) is 2.07. The number of nitrogens with one attached hydrogen (secondary N) is 2. The van der Waals surface area contributed by atoms with Gasteiger partial charge in [-0.05, 0) is 24.3 Å². The summed E-state index contributed by atoms with van der Waals surface area (Å²) in [4.78, 5) is 23.4. The van der Waals surface area contributed by atoms with Crippen molar-refractivity contribution in [2.24, 2.45) is 0 Å². The largest absolute Gasteiger partial charge is 0.457 e. The van der Waals surface area contributed by atoms with Crippen molar-refractivity contribution in [1.82, 2.24) is 0 Å². The lowest BCUT2D eigenvalue weighted by Crippen LogP contribution is -2.20. The van der Waals surface area contributed by atoms with Crippen LogP contribution in [0.4, 0.5) is 16.2 Å². The molecule has 2 N–H and O–H groups in total. The quantitative estimate of drug-likeness (QED) is 0.823. The van der Waals surface area contributed by atoms with Crippen LogP contribution in [-0.2, 0) is 11.3 Å². The predicted octanol–water partition coefficient (Wildman–Crippen LogP) is 3.00. The number of hydrogen-bond donors (Lipinski definition) is 2. The van der Waals surface area contributed by atoms with Crippen molar-refractivity contribution < 1.29 is 14.3 Å². The van der Waals surface area contributed by atoms with E-state index in [1.54, 1.807) is 30.3 Å². The van der Waals surface area contributed by atoms with Gasteiger partial charge in [-0.3, -0.25) is 0 Å². The van der Waals surface area contributed by atoms with Gasteiger partial charge in [-0.15, -0.1) is 0 Å². The van der Waals surface area contributed by atoms with E-state index in [1.807, 2.05) is 18.2 Å². The zero-order chi connectivity index (χ0) is 13.9. The number of rotatable bonds is 2. The number of esters is 1.